The van der Waals surface area contributed by atoms with Crippen LogP contribution >= 0.6 is 34.8 Å². The number of sulfonamides is 1. The first-order chi connectivity index (χ1) is 21.4. The Bertz CT molecular complexity index is 1750. The van der Waals surface area contributed by atoms with Gasteiger partial charge < -0.3 is 10.2 Å². The molecule has 7 nitrogen and oxygen atoms in total. The molecule has 0 radical (unpaired) electrons. The number of carbonyl (C=O) groups excluding carboxylic acids is 2. The summed E-state index contributed by atoms with van der Waals surface area (Å²) in [6.45, 7) is 4.77. The molecule has 0 aromatic heterocycles. The third kappa shape index (κ3) is 8.79. The molecule has 0 spiro atoms. The highest BCUT2D eigenvalue weighted by Gasteiger charge is 2.35. The van der Waals surface area contributed by atoms with Gasteiger partial charge in [0.05, 0.1) is 20.6 Å². The zero-order chi connectivity index (χ0) is 32.7. The number of carbonyl (C=O) groups is 2. The van der Waals surface area contributed by atoms with Crippen LogP contribution in [0.5, 0.6) is 0 Å². The maximum Gasteiger partial charge on any atom is 0.264 e. The molecule has 0 bridgehead atoms. The number of amides is 2. The largest absolute Gasteiger partial charge is 0.352 e. The predicted octanol–water partition coefficient (Wildman–Crippen LogP) is 7.32. The quantitative estimate of drug-likeness (QED) is 0.169. The summed E-state index contributed by atoms with van der Waals surface area (Å²) in [5.74, 6) is -0.974. The van der Waals surface area contributed by atoms with Gasteiger partial charge in [-0.15, -0.1) is 0 Å². The van der Waals surface area contributed by atoms with Crippen LogP contribution in [0.4, 0.5) is 5.69 Å². The number of halogens is 3. The average Bonchev–Trinajstić information content (AvgIpc) is 3.01. The van der Waals surface area contributed by atoms with E-state index < -0.39 is 28.5 Å². The van der Waals surface area contributed by atoms with Crippen molar-refractivity contribution in [3.63, 3.8) is 0 Å². The van der Waals surface area contributed by atoms with Gasteiger partial charge in [-0.2, -0.15) is 0 Å². The summed E-state index contributed by atoms with van der Waals surface area (Å²) in [5.41, 5.74) is 2.29. The second kappa shape index (κ2) is 15.1. The van der Waals surface area contributed by atoms with E-state index in [9.17, 15) is 18.0 Å². The number of benzene rings is 4. The number of hydrogen-bond donors (Lipinski definition) is 1. The molecule has 2 amide bonds. The first kappa shape index (κ1) is 34.3. The van der Waals surface area contributed by atoms with Gasteiger partial charge in [-0.1, -0.05) is 95.5 Å². The Morgan fingerprint density at radius 2 is 1.44 bits per heavy atom. The molecular weight excluding hydrogens is 653 g/mol. The van der Waals surface area contributed by atoms with Crippen LogP contribution in [0.1, 0.15) is 30.5 Å². The Kier molecular flexibility index (Phi) is 11.6. The van der Waals surface area contributed by atoms with E-state index in [1.54, 1.807) is 55.5 Å². The van der Waals surface area contributed by atoms with Gasteiger partial charge in [0, 0.05) is 24.0 Å². The minimum Gasteiger partial charge on any atom is -0.352 e. The lowest BCUT2D eigenvalue weighted by molar-refractivity contribution is -0.140. The predicted molar refractivity (Wildman–Crippen MR) is 181 cm³/mol. The Hall–Kier alpha value is -3.56. The molecule has 1 atom stereocenters. The summed E-state index contributed by atoms with van der Waals surface area (Å²) in [5, 5.41) is 3.87. The lowest BCUT2D eigenvalue weighted by Crippen LogP contribution is -2.54. The van der Waals surface area contributed by atoms with E-state index in [0.29, 0.717) is 21.2 Å². The van der Waals surface area contributed by atoms with E-state index in [2.05, 4.69) is 5.32 Å². The number of nitrogens with one attached hydrogen (secondary N) is 1. The lowest BCUT2D eigenvalue weighted by atomic mass is 10.0. The number of rotatable bonds is 12. The fraction of sp³-hybridized carbons (Fsp3) is 0.235. The molecule has 236 valence electrons. The highest BCUT2D eigenvalue weighted by Crippen LogP contribution is 2.30. The smallest absolute Gasteiger partial charge is 0.264 e. The van der Waals surface area contributed by atoms with Crippen LogP contribution in [0.25, 0.3) is 0 Å². The van der Waals surface area contributed by atoms with Gasteiger partial charge in [0.1, 0.15) is 12.6 Å². The highest BCUT2D eigenvalue weighted by atomic mass is 35.5. The minimum absolute atomic E-state index is 0.00611. The maximum atomic E-state index is 14.5. The van der Waals surface area contributed by atoms with Crippen molar-refractivity contribution in [2.75, 3.05) is 10.8 Å². The van der Waals surface area contributed by atoms with Crippen LogP contribution in [0.2, 0.25) is 15.1 Å². The molecule has 0 heterocycles. The van der Waals surface area contributed by atoms with Crippen LogP contribution in [-0.2, 0) is 32.6 Å². The molecule has 0 unspecified atom stereocenters. The van der Waals surface area contributed by atoms with Crippen LogP contribution in [0, 0.1) is 6.92 Å². The molecule has 4 aromatic rings. The van der Waals surface area contributed by atoms with Gasteiger partial charge in [0.25, 0.3) is 10.0 Å². The number of anilines is 1. The van der Waals surface area contributed by atoms with Crippen molar-refractivity contribution in [1.29, 1.82) is 0 Å². The zero-order valence-electron chi connectivity index (χ0n) is 25.1. The fourth-order valence-electron chi connectivity index (χ4n) is 4.85. The van der Waals surface area contributed by atoms with Crippen LogP contribution in [-0.4, -0.2) is 43.8 Å². The number of aryl methyl sites for hydroxylation is 1. The molecule has 0 aliphatic carbocycles. The second-order valence-corrected chi connectivity index (χ2v) is 14.0. The van der Waals surface area contributed by atoms with Crippen molar-refractivity contribution in [3.05, 3.63) is 129 Å². The van der Waals surface area contributed by atoms with Gasteiger partial charge >= 0.3 is 0 Å². The molecule has 0 saturated heterocycles. The first-order valence-corrected chi connectivity index (χ1v) is 16.9. The summed E-state index contributed by atoms with van der Waals surface area (Å²) in [6, 6.07) is 25.8. The molecule has 0 fully saturated rings. The summed E-state index contributed by atoms with van der Waals surface area (Å²) in [7, 11) is -4.24. The third-order valence-electron chi connectivity index (χ3n) is 7.09. The van der Waals surface area contributed by atoms with Crippen LogP contribution in [0.3, 0.4) is 0 Å². The van der Waals surface area contributed by atoms with Crippen molar-refractivity contribution in [3.8, 4) is 0 Å². The maximum absolute atomic E-state index is 14.5. The summed E-state index contributed by atoms with van der Waals surface area (Å²) >= 11 is 18.8. The van der Waals surface area contributed by atoms with Crippen LogP contribution in [0.15, 0.2) is 102 Å². The van der Waals surface area contributed by atoms with Crippen molar-refractivity contribution in [2.24, 2.45) is 0 Å². The Morgan fingerprint density at radius 3 is 2.07 bits per heavy atom. The van der Waals surface area contributed by atoms with E-state index >= 15 is 0 Å². The number of hydrogen-bond acceptors (Lipinski definition) is 4. The van der Waals surface area contributed by atoms with Gasteiger partial charge in [0.2, 0.25) is 11.8 Å². The zero-order valence-corrected chi connectivity index (χ0v) is 28.2. The molecule has 1 N–H and O–H groups in total. The summed E-state index contributed by atoms with van der Waals surface area (Å²) in [4.78, 5) is 29.7. The molecule has 11 heteroatoms. The number of nitrogens with zero attached hydrogens (tertiary/aromatic N) is 2. The van der Waals surface area contributed by atoms with Gasteiger partial charge in [-0.05, 0) is 73.9 Å². The van der Waals surface area contributed by atoms with Crippen molar-refractivity contribution < 1.29 is 18.0 Å². The van der Waals surface area contributed by atoms with E-state index in [1.807, 2.05) is 44.2 Å². The topological polar surface area (TPSA) is 86.8 Å². The van der Waals surface area contributed by atoms with E-state index in [4.69, 9.17) is 34.8 Å². The molecule has 4 aromatic carbocycles. The Balaban J connectivity index is 1.84. The highest BCUT2D eigenvalue weighted by molar-refractivity contribution is 7.92. The van der Waals surface area contributed by atoms with Crippen molar-refractivity contribution in [1.82, 2.24) is 10.2 Å². The van der Waals surface area contributed by atoms with E-state index in [1.165, 1.54) is 23.1 Å². The van der Waals surface area contributed by atoms with Gasteiger partial charge in [0.15, 0.2) is 0 Å². The second-order valence-electron chi connectivity index (χ2n) is 10.9. The van der Waals surface area contributed by atoms with Crippen molar-refractivity contribution in [2.45, 2.75) is 50.7 Å². The first-order valence-electron chi connectivity index (χ1n) is 14.3. The third-order valence-corrected chi connectivity index (χ3v) is 9.84. The average molecular weight is 687 g/mol. The monoisotopic (exact) mass is 685 g/mol. The van der Waals surface area contributed by atoms with Gasteiger partial charge in [-0.25, -0.2) is 8.42 Å². The lowest BCUT2D eigenvalue weighted by Gasteiger charge is -2.34. The van der Waals surface area contributed by atoms with E-state index in [-0.39, 0.29) is 40.5 Å². The standard InChI is InChI=1S/C34H34Cl3N3O4S/c1-23(2)38-34(42)32(19-25-10-6-4-7-11-25)39(21-26-15-17-29(36)30(37)18-26)33(41)22-40(31-20-27(35)16-14-24(31)3)45(43,44)28-12-8-5-9-13-28/h4-18,20,23,32H,19,21-22H2,1-3H3,(H,38,42)/t32-/m0/s1. The molecule has 0 saturated carbocycles. The molecule has 4 rings (SSSR count). The molecule has 0 aliphatic heterocycles. The normalized spacial score (nSPS) is 12.1. The summed E-state index contributed by atoms with van der Waals surface area (Å²) < 4.78 is 29.3. The molecule has 0 aliphatic rings. The van der Waals surface area contributed by atoms with Crippen molar-refractivity contribution >= 4 is 62.3 Å². The van der Waals surface area contributed by atoms with Gasteiger partial charge in [-0.3, -0.25) is 13.9 Å². The Morgan fingerprint density at radius 1 is 0.800 bits per heavy atom. The van der Waals surface area contributed by atoms with E-state index in [0.717, 1.165) is 9.87 Å². The van der Waals surface area contributed by atoms with Crippen LogP contribution < -0.4 is 9.62 Å². The fourth-order valence-corrected chi connectivity index (χ4v) is 6.83. The molecular formula is C34H34Cl3N3O4S. The summed E-state index contributed by atoms with van der Waals surface area (Å²) in [6.07, 6.45) is 0.189. The Labute approximate surface area is 279 Å². The minimum atomic E-state index is -4.24. The SMILES string of the molecule is Cc1ccc(Cl)cc1N(CC(=O)N(Cc1ccc(Cl)c(Cl)c1)[C@@H](Cc1ccccc1)C(=O)NC(C)C)S(=O)(=O)c1ccccc1. The molecule has 45 heavy (non-hydrogen) atoms.